The van der Waals surface area contributed by atoms with Crippen LogP contribution in [-0.4, -0.2) is 36.5 Å². The zero-order valence-electron chi connectivity index (χ0n) is 15.0. The largest absolute Gasteiger partial charge is 0.452 e. The second-order valence-electron chi connectivity index (χ2n) is 7.03. The molecule has 1 atom stereocenters. The minimum Gasteiger partial charge on any atom is -0.452 e. The van der Waals surface area contributed by atoms with E-state index in [1.165, 1.54) is 18.2 Å². The van der Waals surface area contributed by atoms with Gasteiger partial charge in [0, 0.05) is 13.0 Å². The standard InChI is InChI=1S/C19H20ClN3O4/c1-19(11-21,13-5-6-13)22-16(24)10-27-18(26)12-4-7-14(20)15(9-12)23-8-2-3-17(23)25/h4,7,9,13H,2-3,5-6,8,10H2,1H3,(H,22,24)/t19-/m1/s1. The average molecular weight is 390 g/mol. The highest BCUT2D eigenvalue weighted by atomic mass is 35.5. The number of hydrogen-bond acceptors (Lipinski definition) is 5. The lowest BCUT2D eigenvalue weighted by molar-refractivity contribution is -0.125. The molecule has 1 aliphatic heterocycles. The Labute approximate surface area is 162 Å². The average Bonchev–Trinajstić information content (AvgIpc) is 3.43. The Hall–Kier alpha value is -2.59. The predicted octanol–water partition coefficient (Wildman–Crippen LogP) is 2.43. The van der Waals surface area contributed by atoms with E-state index in [2.05, 4.69) is 11.4 Å². The molecule has 142 valence electrons. The van der Waals surface area contributed by atoms with Crippen LogP contribution in [0.2, 0.25) is 5.02 Å². The zero-order valence-corrected chi connectivity index (χ0v) is 15.7. The molecule has 2 fully saturated rings. The summed E-state index contributed by atoms with van der Waals surface area (Å²) in [6.07, 6.45) is 2.98. The van der Waals surface area contributed by atoms with Crippen LogP contribution in [0.5, 0.6) is 0 Å². The van der Waals surface area contributed by atoms with Crippen molar-refractivity contribution >= 4 is 35.1 Å². The fourth-order valence-corrected chi connectivity index (χ4v) is 3.39. The first-order valence-corrected chi connectivity index (χ1v) is 9.21. The van der Waals surface area contributed by atoms with Crippen LogP contribution in [0.25, 0.3) is 0 Å². The molecule has 2 amide bonds. The van der Waals surface area contributed by atoms with E-state index < -0.39 is 24.0 Å². The van der Waals surface area contributed by atoms with Gasteiger partial charge in [-0.1, -0.05) is 11.6 Å². The maximum atomic E-state index is 12.3. The molecule has 8 heteroatoms. The Morgan fingerprint density at radius 3 is 2.78 bits per heavy atom. The minimum atomic E-state index is -0.937. The number of nitrogens with one attached hydrogen (secondary N) is 1. The Bertz CT molecular complexity index is 831. The first-order valence-electron chi connectivity index (χ1n) is 8.83. The Kier molecular flexibility index (Phi) is 5.38. The van der Waals surface area contributed by atoms with Crippen LogP contribution >= 0.6 is 11.6 Å². The molecule has 0 radical (unpaired) electrons. The van der Waals surface area contributed by atoms with Gasteiger partial charge in [0.05, 0.1) is 22.3 Å². The monoisotopic (exact) mass is 389 g/mol. The molecule has 27 heavy (non-hydrogen) atoms. The molecular formula is C19H20ClN3O4. The van der Waals surface area contributed by atoms with Gasteiger partial charge in [0.15, 0.2) is 6.61 Å². The van der Waals surface area contributed by atoms with E-state index in [0.717, 1.165) is 19.3 Å². The normalized spacial score (nSPS) is 18.6. The van der Waals surface area contributed by atoms with E-state index in [-0.39, 0.29) is 17.4 Å². The quantitative estimate of drug-likeness (QED) is 0.753. The highest BCUT2D eigenvalue weighted by Gasteiger charge is 2.43. The number of nitriles is 1. The van der Waals surface area contributed by atoms with Gasteiger partial charge in [0.1, 0.15) is 5.54 Å². The molecule has 2 aliphatic rings. The highest BCUT2D eigenvalue weighted by Crippen LogP contribution is 2.39. The minimum absolute atomic E-state index is 0.0438. The van der Waals surface area contributed by atoms with Gasteiger partial charge in [-0.15, -0.1) is 0 Å². The van der Waals surface area contributed by atoms with Crippen molar-refractivity contribution in [3.8, 4) is 6.07 Å². The molecule has 1 aromatic rings. The van der Waals surface area contributed by atoms with Crippen LogP contribution in [0.3, 0.4) is 0 Å². The lowest BCUT2D eigenvalue weighted by Gasteiger charge is -2.22. The molecule has 1 N–H and O–H groups in total. The van der Waals surface area contributed by atoms with Crippen LogP contribution in [0, 0.1) is 17.2 Å². The lowest BCUT2D eigenvalue weighted by atomic mass is 9.98. The van der Waals surface area contributed by atoms with Crippen LogP contribution < -0.4 is 10.2 Å². The van der Waals surface area contributed by atoms with E-state index in [9.17, 15) is 19.6 Å². The smallest absolute Gasteiger partial charge is 0.338 e. The van der Waals surface area contributed by atoms with Crippen molar-refractivity contribution < 1.29 is 19.1 Å². The van der Waals surface area contributed by atoms with Gasteiger partial charge in [-0.05, 0) is 50.3 Å². The van der Waals surface area contributed by atoms with Crippen LogP contribution in [0.4, 0.5) is 5.69 Å². The molecule has 1 saturated carbocycles. The number of anilines is 1. The summed E-state index contributed by atoms with van der Waals surface area (Å²) in [5, 5.41) is 12.3. The van der Waals surface area contributed by atoms with Gasteiger partial charge in [0.2, 0.25) is 5.91 Å². The number of carbonyl (C=O) groups is 3. The van der Waals surface area contributed by atoms with Crippen LogP contribution in [-0.2, 0) is 14.3 Å². The summed E-state index contributed by atoms with van der Waals surface area (Å²) in [6, 6.07) is 6.62. The van der Waals surface area contributed by atoms with Crippen molar-refractivity contribution in [2.75, 3.05) is 18.1 Å². The van der Waals surface area contributed by atoms with E-state index in [1.54, 1.807) is 11.8 Å². The zero-order chi connectivity index (χ0) is 19.6. The third kappa shape index (κ3) is 4.22. The number of hydrogen-bond donors (Lipinski definition) is 1. The molecule has 0 unspecified atom stereocenters. The van der Waals surface area contributed by atoms with Gasteiger partial charge >= 0.3 is 5.97 Å². The Morgan fingerprint density at radius 2 is 2.19 bits per heavy atom. The van der Waals surface area contributed by atoms with E-state index in [1.807, 2.05) is 0 Å². The summed E-state index contributed by atoms with van der Waals surface area (Å²) in [5.41, 5.74) is -0.274. The molecule has 1 heterocycles. The number of carbonyl (C=O) groups excluding carboxylic acids is 3. The lowest BCUT2D eigenvalue weighted by Crippen LogP contribution is -2.48. The number of rotatable bonds is 6. The summed E-state index contributed by atoms with van der Waals surface area (Å²) < 4.78 is 5.06. The van der Waals surface area contributed by atoms with Crippen molar-refractivity contribution in [3.05, 3.63) is 28.8 Å². The van der Waals surface area contributed by atoms with Crippen molar-refractivity contribution in [2.45, 2.75) is 38.1 Å². The number of halogens is 1. The fraction of sp³-hybridized carbons (Fsp3) is 0.474. The molecule has 0 aromatic heterocycles. The summed E-state index contributed by atoms with van der Waals surface area (Å²) in [4.78, 5) is 37.8. The predicted molar refractivity (Wildman–Crippen MR) is 98.2 cm³/mol. The van der Waals surface area contributed by atoms with Crippen molar-refractivity contribution in [2.24, 2.45) is 5.92 Å². The molecule has 3 rings (SSSR count). The first-order chi connectivity index (χ1) is 12.8. The van der Waals surface area contributed by atoms with Crippen LogP contribution in [0.15, 0.2) is 18.2 Å². The molecule has 1 saturated heterocycles. The van der Waals surface area contributed by atoms with Crippen molar-refractivity contribution in [1.29, 1.82) is 5.26 Å². The van der Waals surface area contributed by atoms with Crippen molar-refractivity contribution in [1.82, 2.24) is 5.32 Å². The number of nitrogens with zero attached hydrogens (tertiary/aromatic N) is 2. The number of amides is 2. The molecule has 7 nitrogen and oxygen atoms in total. The maximum absolute atomic E-state index is 12.3. The maximum Gasteiger partial charge on any atom is 0.338 e. The van der Waals surface area contributed by atoms with Gasteiger partial charge in [-0.2, -0.15) is 5.26 Å². The summed E-state index contributed by atoms with van der Waals surface area (Å²) >= 11 is 6.16. The number of benzene rings is 1. The topological polar surface area (TPSA) is 99.5 Å². The van der Waals surface area contributed by atoms with Gasteiger partial charge in [0.25, 0.3) is 5.91 Å². The van der Waals surface area contributed by atoms with E-state index >= 15 is 0 Å². The van der Waals surface area contributed by atoms with E-state index in [0.29, 0.717) is 23.7 Å². The SMILES string of the molecule is C[C@](C#N)(NC(=O)COC(=O)c1ccc(Cl)c(N2CCCC2=O)c1)C1CC1. The Morgan fingerprint density at radius 1 is 1.44 bits per heavy atom. The van der Waals surface area contributed by atoms with Crippen LogP contribution in [0.1, 0.15) is 43.0 Å². The molecule has 0 spiro atoms. The highest BCUT2D eigenvalue weighted by molar-refractivity contribution is 6.34. The van der Waals surface area contributed by atoms with Gasteiger partial charge in [-0.3, -0.25) is 9.59 Å². The third-order valence-electron chi connectivity index (χ3n) is 4.91. The molecular weight excluding hydrogens is 370 g/mol. The second kappa shape index (κ2) is 7.57. The fourth-order valence-electron chi connectivity index (χ4n) is 3.17. The van der Waals surface area contributed by atoms with Gasteiger partial charge in [-0.25, -0.2) is 4.79 Å². The summed E-state index contributed by atoms with van der Waals surface area (Å²) in [7, 11) is 0. The number of ether oxygens (including phenoxy) is 1. The number of esters is 1. The molecule has 0 bridgehead atoms. The molecule has 1 aliphatic carbocycles. The van der Waals surface area contributed by atoms with Crippen molar-refractivity contribution in [3.63, 3.8) is 0 Å². The third-order valence-corrected chi connectivity index (χ3v) is 5.23. The Balaban J connectivity index is 1.62. The second-order valence-corrected chi connectivity index (χ2v) is 7.44. The summed E-state index contributed by atoms with van der Waals surface area (Å²) in [6.45, 7) is 1.74. The summed E-state index contributed by atoms with van der Waals surface area (Å²) in [5.74, 6) is -1.13. The first kappa shape index (κ1) is 19.2. The van der Waals surface area contributed by atoms with E-state index in [4.69, 9.17) is 16.3 Å². The molecule has 1 aromatic carbocycles. The van der Waals surface area contributed by atoms with Gasteiger partial charge < -0.3 is 15.0 Å².